The van der Waals surface area contributed by atoms with Crippen molar-refractivity contribution < 1.29 is 14.6 Å². The number of morpholine rings is 1. The molecule has 1 fully saturated rings. The van der Waals surface area contributed by atoms with Crippen LogP contribution >= 0.6 is 0 Å². The highest BCUT2D eigenvalue weighted by Gasteiger charge is 2.16. The standard InChI is InChI=1S/C10H13N3O3.C2H6/c1-7-6-8(9(14)15)12-10(11-7)13-2-4-16-5-3-13;1-2/h6H,2-5H2,1H3,(H,14,15);1-2H3. The van der Waals surface area contributed by atoms with Crippen molar-refractivity contribution >= 4 is 11.9 Å². The Hall–Kier alpha value is -1.69. The van der Waals surface area contributed by atoms with Gasteiger partial charge in [0.05, 0.1) is 13.2 Å². The van der Waals surface area contributed by atoms with Gasteiger partial charge in [-0.3, -0.25) is 0 Å². The van der Waals surface area contributed by atoms with Crippen LogP contribution < -0.4 is 4.90 Å². The molecule has 0 atom stereocenters. The number of rotatable bonds is 2. The molecule has 1 aromatic rings. The molecule has 1 N–H and O–H groups in total. The molecule has 2 heterocycles. The summed E-state index contributed by atoms with van der Waals surface area (Å²) in [5.41, 5.74) is 0.697. The summed E-state index contributed by atoms with van der Waals surface area (Å²) in [5.74, 6) is -0.555. The quantitative estimate of drug-likeness (QED) is 0.857. The van der Waals surface area contributed by atoms with Crippen molar-refractivity contribution in [3.63, 3.8) is 0 Å². The van der Waals surface area contributed by atoms with E-state index in [1.54, 1.807) is 6.92 Å². The molecule has 0 radical (unpaired) electrons. The average Bonchev–Trinajstić information content (AvgIpc) is 2.41. The summed E-state index contributed by atoms with van der Waals surface area (Å²) in [6.07, 6.45) is 0. The van der Waals surface area contributed by atoms with E-state index in [1.807, 2.05) is 18.7 Å². The van der Waals surface area contributed by atoms with E-state index in [0.29, 0.717) is 37.9 Å². The molecule has 0 spiro atoms. The first-order valence-electron chi connectivity index (χ1n) is 6.08. The minimum absolute atomic E-state index is 0.0361. The van der Waals surface area contributed by atoms with Crippen molar-refractivity contribution in [2.45, 2.75) is 20.8 Å². The van der Waals surface area contributed by atoms with E-state index in [4.69, 9.17) is 9.84 Å². The predicted octanol–water partition coefficient (Wildman–Crippen LogP) is 1.35. The number of carboxylic acids is 1. The van der Waals surface area contributed by atoms with Gasteiger partial charge in [0.25, 0.3) is 0 Å². The number of anilines is 1. The molecule has 6 nitrogen and oxygen atoms in total. The van der Waals surface area contributed by atoms with Crippen LogP contribution in [0.4, 0.5) is 5.95 Å². The predicted molar refractivity (Wildman–Crippen MR) is 68.1 cm³/mol. The van der Waals surface area contributed by atoms with Crippen LogP contribution in [0.15, 0.2) is 6.07 Å². The molecule has 0 amide bonds. The monoisotopic (exact) mass is 253 g/mol. The lowest BCUT2D eigenvalue weighted by molar-refractivity contribution is 0.0690. The Labute approximate surface area is 107 Å². The summed E-state index contributed by atoms with van der Waals surface area (Å²) >= 11 is 0. The van der Waals surface area contributed by atoms with Crippen molar-refractivity contribution in [1.29, 1.82) is 0 Å². The lowest BCUT2D eigenvalue weighted by Gasteiger charge is -2.26. The Bertz CT molecular complexity index is 404. The highest BCUT2D eigenvalue weighted by molar-refractivity contribution is 5.85. The van der Waals surface area contributed by atoms with Gasteiger partial charge in [-0.05, 0) is 13.0 Å². The van der Waals surface area contributed by atoms with Crippen LogP contribution in [0.2, 0.25) is 0 Å². The minimum atomic E-state index is -1.03. The molecule has 18 heavy (non-hydrogen) atoms. The number of nitrogens with zero attached hydrogens (tertiary/aromatic N) is 3. The summed E-state index contributed by atoms with van der Waals surface area (Å²) in [6, 6.07) is 1.46. The number of carboxylic acid groups (broad SMARTS) is 1. The molecule has 100 valence electrons. The molecule has 1 aliphatic heterocycles. The van der Waals surface area contributed by atoms with Gasteiger partial charge in [0, 0.05) is 18.8 Å². The Morgan fingerprint density at radius 2 is 1.94 bits per heavy atom. The largest absolute Gasteiger partial charge is 0.477 e. The summed E-state index contributed by atoms with van der Waals surface area (Å²) in [6.45, 7) is 8.41. The maximum atomic E-state index is 10.9. The van der Waals surface area contributed by atoms with Crippen molar-refractivity contribution in [2.24, 2.45) is 0 Å². The van der Waals surface area contributed by atoms with Crippen molar-refractivity contribution in [1.82, 2.24) is 9.97 Å². The van der Waals surface area contributed by atoms with Crippen LogP contribution in [0.25, 0.3) is 0 Å². The maximum absolute atomic E-state index is 10.9. The number of aromatic carboxylic acids is 1. The van der Waals surface area contributed by atoms with Crippen LogP contribution in [-0.4, -0.2) is 47.3 Å². The SMILES string of the molecule is CC.Cc1cc(C(=O)O)nc(N2CCOCC2)n1. The van der Waals surface area contributed by atoms with E-state index < -0.39 is 5.97 Å². The zero-order chi connectivity index (χ0) is 13.5. The number of ether oxygens (including phenoxy) is 1. The zero-order valence-electron chi connectivity index (χ0n) is 11.0. The van der Waals surface area contributed by atoms with Crippen molar-refractivity contribution in [3.8, 4) is 0 Å². The lowest BCUT2D eigenvalue weighted by atomic mass is 10.3. The van der Waals surface area contributed by atoms with Crippen LogP contribution in [0.5, 0.6) is 0 Å². The van der Waals surface area contributed by atoms with E-state index in [-0.39, 0.29) is 5.69 Å². The van der Waals surface area contributed by atoms with Gasteiger partial charge >= 0.3 is 5.97 Å². The molecule has 0 bridgehead atoms. The fourth-order valence-corrected chi connectivity index (χ4v) is 1.57. The number of hydrogen-bond acceptors (Lipinski definition) is 5. The number of hydrogen-bond donors (Lipinski definition) is 1. The number of aromatic nitrogens is 2. The topological polar surface area (TPSA) is 75.5 Å². The second-order valence-corrected chi connectivity index (χ2v) is 3.60. The number of aryl methyl sites for hydroxylation is 1. The zero-order valence-corrected chi connectivity index (χ0v) is 11.0. The summed E-state index contributed by atoms with van der Waals surface area (Å²) in [7, 11) is 0. The van der Waals surface area contributed by atoms with E-state index in [1.165, 1.54) is 6.07 Å². The van der Waals surface area contributed by atoms with Gasteiger partial charge in [0.15, 0.2) is 5.69 Å². The Morgan fingerprint density at radius 3 is 2.50 bits per heavy atom. The van der Waals surface area contributed by atoms with E-state index in [9.17, 15) is 4.79 Å². The van der Waals surface area contributed by atoms with Crippen LogP contribution in [-0.2, 0) is 4.74 Å². The van der Waals surface area contributed by atoms with Crippen LogP contribution in [0.3, 0.4) is 0 Å². The summed E-state index contributed by atoms with van der Waals surface area (Å²) < 4.78 is 5.22. The second-order valence-electron chi connectivity index (χ2n) is 3.60. The third-order valence-corrected chi connectivity index (χ3v) is 2.36. The van der Waals surface area contributed by atoms with E-state index in [0.717, 1.165) is 0 Å². The van der Waals surface area contributed by atoms with Crippen molar-refractivity contribution in [2.75, 3.05) is 31.2 Å². The highest BCUT2D eigenvalue weighted by atomic mass is 16.5. The van der Waals surface area contributed by atoms with Crippen molar-refractivity contribution in [3.05, 3.63) is 17.5 Å². The van der Waals surface area contributed by atoms with Gasteiger partial charge in [0.1, 0.15) is 0 Å². The molecule has 0 unspecified atom stereocenters. The molecular formula is C12H19N3O3. The molecule has 1 saturated heterocycles. The van der Waals surface area contributed by atoms with Gasteiger partial charge in [-0.1, -0.05) is 13.8 Å². The smallest absolute Gasteiger partial charge is 0.354 e. The Balaban J connectivity index is 0.000000771. The molecule has 1 aliphatic rings. The fraction of sp³-hybridized carbons (Fsp3) is 0.583. The van der Waals surface area contributed by atoms with Crippen LogP contribution in [0, 0.1) is 6.92 Å². The maximum Gasteiger partial charge on any atom is 0.354 e. The third kappa shape index (κ3) is 3.66. The summed E-state index contributed by atoms with van der Waals surface area (Å²) in [5, 5.41) is 8.90. The molecule has 0 aromatic carbocycles. The van der Waals surface area contributed by atoms with Crippen LogP contribution in [0.1, 0.15) is 30.0 Å². The Kier molecular flexibility index (Phi) is 5.51. The minimum Gasteiger partial charge on any atom is -0.477 e. The summed E-state index contributed by atoms with van der Waals surface area (Å²) in [4.78, 5) is 21.0. The first-order chi connectivity index (χ1) is 8.66. The second kappa shape index (κ2) is 6.90. The van der Waals surface area contributed by atoms with Gasteiger partial charge in [-0.2, -0.15) is 0 Å². The lowest BCUT2D eigenvalue weighted by Crippen LogP contribution is -2.37. The average molecular weight is 253 g/mol. The molecule has 0 aliphatic carbocycles. The number of carbonyl (C=O) groups is 1. The third-order valence-electron chi connectivity index (χ3n) is 2.36. The van der Waals surface area contributed by atoms with Gasteiger partial charge in [-0.25, -0.2) is 14.8 Å². The molecule has 1 aromatic heterocycles. The fourth-order valence-electron chi connectivity index (χ4n) is 1.57. The van der Waals surface area contributed by atoms with Gasteiger partial charge < -0.3 is 14.7 Å². The normalized spacial score (nSPS) is 14.7. The molecule has 0 saturated carbocycles. The molecular weight excluding hydrogens is 234 g/mol. The van der Waals surface area contributed by atoms with Gasteiger partial charge in [-0.15, -0.1) is 0 Å². The van der Waals surface area contributed by atoms with E-state index >= 15 is 0 Å². The first kappa shape index (κ1) is 14.4. The van der Waals surface area contributed by atoms with E-state index in [2.05, 4.69) is 9.97 Å². The first-order valence-corrected chi connectivity index (χ1v) is 6.08. The highest BCUT2D eigenvalue weighted by Crippen LogP contribution is 2.12. The molecule has 2 rings (SSSR count). The molecule has 6 heteroatoms. The Morgan fingerprint density at radius 1 is 1.33 bits per heavy atom. The van der Waals surface area contributed by atoms with Gasteiger partial charge in [0.2, 0.25) is 5.95 Å².